The first-order valence-corrected chi connectivity index (χ1v) is 10.7. The molecule has 0 bridgehead atoms. The minimum Gasteiger partial charge on any atom is -0.265 e. The molecule has 1 N–H and O–H groups in total. The van der Waals surface area contributed by atoms with Gasteiger partial charge in [-0.25, -0.2) is 17.5 Å². The van der Waals surface area contributed by atoms with Gasteiger partial charge in [-0.3, -0.25) is 9.97 Å². The Morgan fingerprint density at radius 2 is 1.40 bits per heavy atom. The topological polar surface area (TPSA) is 72.0 Å². The minimum atomic E-state index is -3.68. The summed E-state index contributed by atoms with van der Waals surface area (Å²) in [6.07, 6.45) is 5.01. The molecule has 2 aromatic heterocycles. The van der Waals surface area contributed by atoms with Gasteiger partial charge in [0.15, 0.2) is 0 Å². The quantitative estimate of drug-likeness (QED) is 0.502. The predicted octanol–water partition coefficient (Wildman–Crippen LogP) is 4.43. The van der Waals surface area contributed by atoms with Gasteiger partial charge in [-0.05, 0) is 65.2 Å². The minimum absolute atomic E-state index is 0.142. The maximum Gasteiger partial charge on any atom is 0.240 e. The molecule has 30 heavy (non-hydrogen) atoms. The third kappa shape index (κ3) is 4.59. The van der Waals surface area contributed by atoms with Crippen LogP contribution in [0, 0.1) is 5.82 Å². The maximum absolute atomic E-state index is 13.1. The standard InChI is InChI=1S/C23H18FN3O2S/c24-21-5-1-18(2-6-21)19-3-7-22(8-4-19)30(28,29)27-16-17-9-14-26-23(15-17)20-10-12-25-13-11-20/h1-15,27H,16H2. The molecule has 0 radical (unpaired) electrons. The van der Waals surface area contributed by atoms with Gasteiger partial charge in [0.05, 0.1) is 10.6 Å². The van der Waals surface area contributed by atoms with E-state index < -0.39 is 10.0 Å². The summed E-state index contributed by atoms with van der Waals surface area (Å²) >= 11 is 0. The Morgan fingerprint density at radius 1 is 0.767 bits per heavy atom. The third-order valence-electron chi connectivity index (χ3n) is 4.61. The average Bonchev–Trinajstić information content (AvgIpc) is 2.79. The Bertz CT molecular complexity index is 1240. The highest BCUT2D eigenvalue weighted by atomic mass is 32.2. The van der Waals surface area contributed by atoms with Crippen LogP contribution < -0.4 is 4.72 Å². The van der Waals surface area contributed by atoms with Crippen molar-refractivity contribution < 1.29 is 12.8 Å². The molecule has 0 amide bonds. The highest BCUT2D eigenvalue weighted by Gasteiger charge is 2.14. The number of nitrogens with zero attached hydrogens (tertiary/aromatic N) is 2. The van der Waals surface area contributed by atoms with Crippen LogP contribution in [0.25, 0.3) is 22.4 Å². The van der Waals surface area contributed by atoms with E-state index in [-0.39, 0.29) is 17.3 Å². The average molecular weight is 419 g/mol. The zero-order valence-electron chi connectivity index (χ0n) is 15.9. The van der Waals surface area contributed by atoms with Crippen LogP contribution in [0.5, 0.6) is 0 Å². The van der Waals surface area contributed by atoms with E-state index in [1.165, 1.54) is 24.3 Å². The van der Waals surface area contributed by atoms with E-state index in [9.17, 15) is 12.8 Å². The van der Waals surface area contributed by atoms with E-state index in [1.807, 2.05) is 18.2 Å². The second-order valence-corrected chi connectivity index (χ2v) is 8.41. The molecular weight excluding hydrogens is 401 g/mol. The normalized spacial score (nSPS) is 11.4. The van der Waals surface area contributed by atoms with E-state index in [0.717, 1.165) is 27.9 Å². The van der Waals surface area contributed by atoms with Crippen LogP contribution in [-0.4, -0.2) is 18.4 Å². The van der Waals surface area contributed by atoms with Gasteiger partial charge in [-0.1, -0.05) is 24.3 Å². The van der Waals surface area contributed by atoms with Crippen molar-refractivity contribution in [2.45, 2.75) is 11.4 Å². The monoisotopic (exact) mass is 419 g/mol. The molecular formula is C23H18FN3O2S. The molecule has 0 saturated carbocycles. The van der Waals surface area contributed by atoms with Crippen LogP contribution in [0.15, 0.2) is 96.3 Å². The van der Waals surface area contributed by atoms with Crippen LogP contribution in [0.1, 0.15) is 5.56 Å². The van der Waals surface area contributed by atoms with Gasteiger partial charge in [0.25, 0.3) is 0 Å². The highest BCUT2D eigenvalue weighted by molar-refractivity contribution is 7.89. The zero-order valence-corrected chi connectivity index (χ0v) is 16.7. The Hall–Kier alpha value is -3.42. The number of hydrogen-bond donors (Lipinski definition) is 1. The number of aromatic nitrogens is 2. The van der Waals surface area contributed by atoms with Gasteiger partial charge in [-0.2, -0.15) is 0 Å². The second-order valence-electron chi connectivity index (χ2n) is 6.64. The fourth-order valence-corrected chi connectivity index (χ4v) is 4.01. The SMILES string of the molecule is O=S(=O)(NCc1ccnc(-c2ccncc2)c1)c1ccc(-c2ccc(F)cc2)cc1. The van der Waals surface area contributed by atoms with Gasteiger partial charge in [-0.15, -0.1) is 0 Å². The lowest BCUT2D eigenvalue weighted by atomic mass is 10.1. The molecule has 5 nitrogen and oxygen atoms in total. The van der Waals surface area contributed by atoms with Crippen molar-refractivity contribution in [2.24, 2.45) is 0 Å². The molecule has 0 spiro atoms. The fourth-order valence-electron chi connectivity index (χ4n) is 3.00. The van der Waals surface area contributed by atoms with E-state index in [1.54, 1.807) is 48.9 Å². The van der Waals surface area contributed by atoms with Crippen molar-refractivity contribution in [3.63, 3.8) is 0 Å². The summed E-state index contributed by atoms with van der Waals surface area (Å²) in [4.78, 5) is 8.48. The summed E-state index contributed by atoms with van der Waals surface area (Å²) in [6, 6.07) is 19.8. The first kappa shape index (κ1) is 19.9. The van der Waals surface area contributed by atoms with Crippen molar-refractivity contribution in [1.29, 1.82) is 0 Å². The Balaban J connectivity index is 1.48. The smallest absolute Gasteiger partial charge is 0.240 e. The Labute approximate surface area is 174 Å². The molecule has 0 unspecified atom stereocenters. The summed E-state index contributed by atoms with van der Waals surface area (Å²) < 4.78 is 41.0. The zero-order chi connectivity index (χ0) is 21.0. The Morgan fingerprint density at radius 3 is 2.07 bits per heavy atom. The van der Waals surface area contributed by atoms with Crippen LogP contribution >= 0.6 is 0 Å². The fraction of sp³-hybridized carbons (Fsp3) is 0.0435. The van der Waals surface area contributed by atoms with Crippen molar-refractivity contribution >= 4 is 10.0 Å². The lowest BCUT2D eigenvalue weighted by molar-refractivity contribution is 0.581. The second kappa shape index (κ2) is 8.52. The summed E-state index contributed by atoms with van der Waals surface area (Å²) in [5.41, 5.74) is 4.07. The van der Waals surface area contributed by atoms with Gasteiger partial charge >= 0.3 is 0 Å². The molecule has 4 rings (SSSR count). The number of sulfonamides is 1. The van der Waals surface area contributed by atoms with Gasteiger partial charge in [0.2, 0.25) is 10.0 Å². The predicted molar refractivity (Wildman–Crippen MR) is 113 cm³/mol. The molecule has 2 heterocycles. The number of nitrogens with one attached hydrogen (secondary N) is 1. The first-order valence-electron chi connectivity index (χ1n) is 9.22. The summed E-state index contributed by atoms with van der Waals surface area (Å²) in [7, 11) is -3.68. The van der Waals surface area contributed by atoms with Crippen molar-refractivity contribution in [2.75, 3.05) is 0 Å². The maximum atomic E-state index is 13.1. The number of pyridine rings is 2. The molecule has 7 heteroatoms. The summed E-state index contributed by atoms with van der Waals surface area (Å²) in [6.45, 7) is 0.142. The van der Waals surface area contributed by atoms with E-state index in [4.69, 9.17) is 0 Å². The third-order valence-corrected chi connectivity index (χ3v) is 6.03. The molecule has 150 valence electrons. The molecule has 0 saturated heterocycles. The van der Waals surface area contributed by atoms with Gasteiger partial charge < -0.3 is 0 Å². The van der Waals surface area contributed by atoms with Crippen LogP contribution in [0.4, 0.5) is 4.39 Å². The number of rotatable bonds is 6. The van der Waals surface area contributed by atoms with E-state index in [2.05, 4.69) is 14.7 Å². The van der Waals surface area contributed by atoms with E-state index >= 15 is 0 Å². The molecule has 0 fully saturated rings. The van der Waals surface area contributed by atoms with Gasteiger partial charge in [0, 0.05) is 30.7 Å². The van der Waals surface area contributed by atoms with Crippen LogP contribution in [0.3, 0.4) is 0 Å². The first-order chi connectivity index (χ1) is 14.5. The van der Waals surface area contributed by atoms with Crippen LogP contribution in [0.2, 0.25) is 0 Å². The lowest BCUT2D eigenvalue weighted by Gasteiger charge is -2.09. The number of hydrogen-bond acceptors (Lipinski definition) is 4. The number of halogens is 1. The number of benzene rings is 2. The van der Waals surface area contributed by atoms with Gasteiger partial charge in [0.1, 0.15) is 5.82 Å². The lowest BCUT2D eigenvalue weighted by Crippen LogP contribution is -2.23. The molecule has 2 aromatic carbocycles. The molecule has 0 aliphatic heterocycles. The Kier molecular flexibility index (Phi) is 5.65. The van der Waals surface area contributed by atoms with Crippen molar-refractivity contribution in [3.8, 4) is 22.4 Å². The van der Waals surface area contributed by atoms with Crippen LogP contribution in [-0.2, 0) is 16.6 Å². The molecule has 0 aliphatic rings. The summed E-state index contributed by atoms with van der Waals surface area (Å²) in [5, 5.41) is 0. The molecule has 4 aromatic rings. The van der Waals surface area contributed by atoms with Crippen molar-refractivity contribution in [1.82, 2.24) is 14.7 Å². The largest absolute Gasteiger partial charge is 0.265 e. The van der Waals surface area contributed by atoms with Crippen molar-refractivity contribution in [3.05, 3.63) is 103 Å². The van der Waals surface area contributed by atoms with E-state index in [0.29, 0.717) is 0 Å². The summed E-state index contributed by atoms with van der Waals surface area (Å²) in [5.74, 6) is -0.314. The molecule has 0 aliphatic carbocycles. The highest BCUT2D eigenvalue weighted by Crippen LogP contribution is 2.22. The molecule has 0 atom stereocenters.